The molecule has 0 N–H and O–H groups in total. The second kappa shape index (κ2) is 32.4. The number of thiazole rings is 1. The van der Waals surface area contributed by atoms with Crippen molar-refractivity contribution < 1.29 is 66.7 Å². The molecule has 0 radical (unpaired) electrons. The molecule has 2 aliphatic carbocycles. The molecule has 6 aromatic rings. The zero-order chi connectivity index (χ0) is 59.8. The van der Waals surface area contributed by atoms with E-state index in [1.165, 1.54) is 11.3 Å². The Hall–Kier alpha value is -8.64. The second-order valence-corrected chi connectivity index (χ2v) is 22.1. The molecular formula is C67H73N3O14S. The minimum atomic E-state index is -0.487. The molecule has 85 heavy (non-hydrogen) atoms. The van der Waals surface area contributed by atoms with E-state index in [1.54, 1.807) is 78.0 Å². The normalized spacial score (nSPS) is 16.6. The minimum Gasteiger partial charge on any atom is -0.494 e. The van der Waals surface area contributed by atoms with Gasteiger partial charge in [-0.2, -0.15) is 5.10 Å². The standard InChI is InChI=1S/C67H73N3O14S/c1-4-61(71)79-42-14-8-6-12-40-77-53-30-34-55(35-31-53)81-63(73)47-20-22-49(23-21-47)65(75)83-57-38-39-59(51(44-57)45-68-70(52-28-18-46(3)19-29-52)67-69-58-16-10-11-17-60(58)85-67)84-66(76)50-26-24-48(25-27-50)64(74)82-56-36-32-54(33-37-56)78-41-13-7-9-15-43-80-62(72)5-2/h4-5,10-11,16-19,28-39,44-45,47-50H,1-2,6-9,12-15,20-27,40-43H2,3H3/b68-45+/t47-,48-,49-,50-. The fraction of sp³-hybridized carbons (Fsp3) is 0.373. The summed E-state index contributed by atoms with van der Waals surface area (Å²) in [5.41, 5.74) is 2.99. The Morgan fingerprint density at radius 1 is 0.518 bits per heavy atom. The first-order chi connectivity index (χ1) is 41.4. The molecule has 446 valence electrons. The van der Waals surface area contributed by atoms with E-state index in [1.807, 2.05) is 55.5 Å². The van der Waals surface area contributed by atoms with E-state index >= 15 is 0 Å². The Kier molecular flexibility index (Phi) is 23.8. The largest absolute Gasteiger partial charge is 0.494 e. The van der Waals surface area contributed by atoms with Crippen molar-refractivity contribution >= 4 is 74.4 Å². The number of nitrogens with zero attached hydrogens (tertiary/aromatic N) is 3. The van der Waals surface area contributed by atoms with Crippen LogP contribution in [0, 0.1) is 30.6 Å². The molecular weight excluding hydrogens is 1100 g/mol. The van der Waals surface area contributed by atoms with Gasteiger partial charge >= 0.3 is 35.8 Å². The molecule has 0 saturated heterocycles. The van der Waals surface area contributed by atoms with Gasteiger partial charge in [-0.3, -0.25) is 19.2 Å². The van der Waals surface area contributed by atoms with Crippen LogP contribution in [0.25, 0.3) is 10.2 Å². The molecule has 5 aromatic carbocycles. The van der Waals surface area contributed by atoms with Gasteiger partial charge in [0.1, 0.15) is 34.5 Å². The lowest BCUT2D eigenvalue weighted by Gasteiger charge is -2.26. The maximum Gasteiger partial charge on any atom is 0.330 e. The van der Waals surface area contributed by atoms with Crippen LogP contribution in [0.3, 0.4) is 0 Å². The summed E-state index contributed by atoms with van der Waals surface area (Å²) in [7, 11) is 0. The first-order valence-electron chi connectivity index (χ1n) is 29.2. The summed E-state index contributed by atoms with van der Waals surface area (Å²) < 4.78 is 46.3. The Balaban J connectivity index is 0.848. The number of rotatable bonds is 30. The summed E-state index contributed by atoms with van der Waals surface area (Å²) in [5, 5.41) is 7.25. The van der Waals surface area contributed by atoms with Crippen LogP contribution < -0.4 is 33.4 Å². The predicted molar refractivity (Wildman–Crippen MR) is 324 cm³/mol. The molecule has 0 bridgehead atoms. The summed E-state index contributed by atoms with van der Waals surface area (Å²) in [5.74, 6) is -1.64. The lowest BCUT2D eigenvalue weighted by Crippen LogP contribution is -2.30. The number of aryl methyl sites for hydroxylation is 1. The van der Waals surface area contributed by atoms with E-state index in [4.69, 9.17) is 48.0 Å². The van der Waals surface area contributed by atoms with Crippen molar-refractivity contribution in [3.05, 3.63) is 152 Å². The van der Waals surface area contributed by atoms with Gasteiger partial charge in [-0.15, -0.1) is 0 Å². The zero-order valence-corrected chi connectivity index (χ0v) is 48.8. The molecule has 0 atom stereocenters. The number of hydrogen-bond donors (Lipinski definition) is 0. The molecule has 2 fully saturated rings. The van der Waals surface area contributed by atoms with Gasteiger partial charge in [0.15, 0.2) is 0 Å². The van der Waals surface area contributed by atoms with E-state index in [-0.39, 0.29) is 29.4 Å². The molecule has 0 spiro atoms. The molecule has 17 nitrogen and oxygen atoms in total. The number of carbonyl (C=O) groups excluding carboxylic acids is 6. The van der Waals surface area contributed by atoms with Gasteiger partial charge in [0.2, 0.25) is 5.13 Å². The van der Waals surface area contributed by atoms with Gasteiger partial charge in [-0.1, -0.05) is 54.3 Å². The van der Waals surface area contributed by atoms with Crippen molar-refractivity contribution in [2.45, 2.75) is 110 Å². The topological polar surface area (TPSA) is 205 Å². The second-order valence-electron chi connectivity index (χ2n) is 21.0. The average molecular weight is 1180 g/mol. The van der Waals surface area contributed by atoms with Gasteiger partial charge in [-0.05, 0) is 201 Å². The Labute approximate surface area is 499 Å². The number of anilines is 2. The third-order valence-corrected chi connectivity index (χ3v) is 15.8. The van der Waals surface area contributed by atoms with Crippen molar-refractivity contribution in [1.29, 1.82) is 0 Å². The number of aromatic nitrogens is 1. The SMILES string of the molecule is C=CC(=O)OCCCCCCOc1ccc(OC(=O)[C@H]2CC[C@H](C(=O)Oc3ccc(OC(=O)[C@H]4CC[C@H](C(=O)Oc5ccc(OCCCCCCOC(=O)C=C)cc5)CC4)c(/C=N/N(c4ccc(C)cc4)c4nc5ccccc5s4)c3)CC2)cc1. The third-order valence-electron chi connectivity index (χ3n) is 14.8. The summed E-state index contributed by atoms with van der Waals surface area (Å²) in [4.78, 5) is 81.7. The number of fused-ring (bicyclic) bond motifs is 1. The van der Waals surface area contributed by atoms with Crippen LogP contribution in [-0.4, -0.2) is 73.4 Å². The van der Waals surface area contributed by atoms with Crippen molar-refractivity contribution in [2.75, 3.05) is 31.4 Å². The van der Waals surface area contributed by atoms with E-state index in [9.17, 15) is 28.8 Å². The van der Waals surface area contributed by atoms with E-state index in [2.05, 4.69) is 13.2 Å². The van der Waals surface area contributed by atoms with Crippen LogP contribution in [0.15, 0.2) is 146 Å². The summed E-state index contributed by atoms with van der Waals surface area (Å²) in [6, 6.07) is 34.3. The summed E-state index contributed by atoms with van der Waals surface area (Å²) in [6.45, 7) is 10.6. The number of unbranched alkanes of at least 4 members (excludes halogenated alkanes) is 6. The lowest BCUT2D eigenvalue weighted by atomic mass is 9.82. The number of para-hydroxylation sites is 1. The quantitative estimate of drug-likeness (QED) is 0.0103. The highest BCUT2D eigenvalue weighted by molar-refractivity contribution is 7.22. The number of carbonyl (C=O) groups is 6. The molecule has 1 aromatic heterocycles. The van der Waals surface area contributed by atoms with Crippen molar-refractivity contribution in [1.82, 2.24) is 4.98 Å². The fourth-order valence-corrected chi connectivity index (χ4v) is 10.8. The van der Waals surface area contributed by atoms with Crippen LogP contribution >= 0.6 is 11.3 Å². The average Bonchev–Trinajstić information content (AvgIpc) is 3.63. The number of hydrogen-bond acceptors (Lipinski definition) is 18. The van der Waals surface area contributed by atoms with Crippen LogP contribution in [0.1, 0.15) is 114 Å². The molecule has 0 aliphatic heterocycles. The van der Waals surface area contributed by atoms with E-state index < -0.39 is 41.6 Å². The van der Waals surface area contributed by atoms with Crippen LogP contribution in [-0.2, 0) is 38.2 Å². The minimum absolute atomic E-state index is 0.203. The van der Waals surface area contributed by atoms with Gasteiger partial charge in [0, 0.05) is 17.7 Å². The number of benzene rings is 5. The van der Waals surface area contributed by atoms with Crippen molar-refractivity contribution in [2.24, 2.45) is 28.8 Å². The van der Waals surface area contributed by atoms with Gasteiger partial charge in [0.25, 0.3) is 0 Å². The number of esters is 6. The first-order valence-corrected chi connectivity index (χ1v) is 30.0. The first kappa shape index (κ1) is 62.4. The monoisotopic (exact) mass is 1180 g/mol. The number of ether oxygens (including phenoxy) is 8. The third kappa shape index (κ3) is 19.5. The molecule has 8 rings (SSSR count). The Morgan fingerprint density at radius 2 is 0.941 bits per heavy atom. The van der Waals surface area contributed by atoms with Crippen LogP contribution in [0.5, 0.6) is 34.5 Å². The molecule has 2 aliphatic rings. The predicted octanol–water partition coefficient (Wildman–Crippen LogP) is 13.7. The Morgan fingerprint density at radius 3 is 1.41 bits per heavy atom. The fourth-order valence-electron chi connectivity index (χ4n) is 9.85. The molecule has 0 amide bonds. The van der Waals surface area contributed by atoms with Crippen molar-refractivity contribution in [3.63, 3.8) is 0 Å². The lowest BCUT2D eigenvalue weighted by molar-refractivity contribution is -0.145. The highest BCUT2D eigenvalue weighted by Crippen LogP contribution is 2.37. The van der Waals surface area contributed by atoms with Crippen LogP contribution in [0.2, 0.25) is 0 Å². The van der Waals surface area contributed by atoms with Gasteiger partial charge in [-0.25, -0.2) is 19.6 Å². The van der Waals surface area contributed by atoms with Gasteiger partial charge in [0.05, 0.1) is 72.2 Å². The highest BCUT2D eigenvalue weighted by atomic mass is 32.1. The molecule has 0 unspecified atom stereocenters. The Bertz CT molecular complexity index is 3200. The summed E-state index contributed by atoms with van der Waals surface area (Å²) in [6.07, 6.45) is 14.2. The molecule has 1 heterocycles. The van der Waals surface area contributed by atoms with Crippen molar-refractivity contribution in [3.8, 4) is 34.5 Å². The van der Waals surface area contributed by atoms with E-state index in [0.717, 1.165) is 85.0 Å². The smallest absolute Gasteiger partial charge is 0.330 e. The maximum absolute atomic E-state index is 14.0. The highest BCUT2D eigenvalue weighted by Gasteiger charge is 2.34. The van der Waals surface area contributed by atoms with E-state index in [0.29, 0.717) is 111 Å². The van der Waals surface area contributed by atoms with Gasteiger partial charge < -0.3 is 37.9 Å². The van der Waals surface area contributed by atoms with Crippen LogP contribution in [0.4, 0.5) is 10.8 Å². The molecule has 18 heteroatoms. The summed E-state index contributed by atoms with van der Waals surface area (Å²) >= 11 is 1.47. The molecule has 2 saturated carbocycles. The zero-order valence-electron chi connectivity index (χ0n) is 48.0. The number of hydrazone groups is 1. The maximum atomic E-state index is 14.0.